The third-order valence-corrected chi connectivity index (χ3v) is 9.60. The summed E-state index contributed by atoms with van der Waals surface area (Å²) >= 11 is 0. The second kappa shape index (κ2) is 12.2. The summed E-state index contributed by atoms with van der Waals surface area (Å²) in [7, 11) is 0. The number of likely N-dealkylation sites (tertiary alicyclic amines) is 1. The van der Waals surface area contributed by atoms with E-state index in [1.165, 1.54) is 4.90 Å². The molecule has 10 heteroatoms. The van der Waals surface area contributed by atoms with Crippen molar-refractivity contribution in [3.05, 3.63) is 48.5 Å². The van der Waals surface area contributed by atoms with E-state index in [0.717, 1.165) is 18.8 Å². The number of carbonyl (C=O) groups is 3. The number of amides is 3. The Kier molecular flexibility index (Phi) is 8.72. The summed E-state index contributed by atoms with van der Waals surface area (Å²) in [5.41, 5.74) is 0.178. The number of carbonyl (C=O) groups excluding carboxylic acids is 3. The van der Waals surface area contributed by atoms with Crippen LogP contribution in [0.1, 0.15) is 47.5 Å². The number of benzene rings is 2. The van der Waals surface area contributed by atoms with E-state index in [1.54, 1.807) is 24.3 Å². The van der Waals surface area contributed by atoms with Crippen LogP contribution in [0.15, 0.2) is 48.5 Å². The molecule has 6 atom stereocenters. The summed E-state index contributed by atoms with van der Waals surface area (Å²) in [6, 6.07) is 13.8. The van der Waals surface area contributed by atoms with Gasteiger partial charge in [0.2, 0.25) is 17.7 Å². The number of nitrogens with zero attached hydrogens (tertiary/aromatic N) is 2. The van der Waals surface area contributed by atoms with E-state index in [2.05, 4.69) is 29.4 Å². The molecule has 3 heterocycles. The lowest BCUT2D eigenvalue weighted by molar-refractivity contribution is -0.144. The fourth-order valence-corrected chi connectivity index (χ4v) is 7.50. The first-order valence-corrected chi connectivity index (χ1v) is 15.4. The molecule has 5 rings (SSSR count). The van der Waals surface area contributed by atoms with Gasteiger partial charge in [0.05, 0.1) is 24.0 Å². The first-order chi connectivity index (χ1) is 20.6. The van der Waals surface area contributed by atoms with Crippen LogP contribution in [-0.4, -0.2) is 77.8 Å². The van der Waals surface area contributed by atoms with Crippen molar-refractivity contribution in [1.82, 2.24) is 4.90 Å². The van der Waals surface area contributed by atoms with Crippen LogP contribution >= 0.6 is 0 Å². The molecule has 2 aromatic carbocycles. The van der Waals surface area contributed by atoms with Crippen LogP contribution in [0, 0.1) is 17.8 Å². The van der Waals surface area contributed by atoms with Crippen LogP contribution in [0.2, 0.25) is 0 Å². The van der Waals surface area contributed by atoms with Gasteiger partial charge < -0.3 is 35.0 Å². The Morgan fingerprint density at radius 2 is 1.63 bits per heavy atom. The van der Waals surface area contributed by atoms with E-state index in [-0.39, 0.29) is 36.8 Å². The molecule has 3 unspecified atom stereocenters. The molecule has 43 heavy (non-hydrogen) atoms. The van der Waals surface area contributed by atoms with E-state index in [9.17, 15) is 19.5 Å². The summed E-state index contributed by atoms with van der Waals surface area (Å²) in [6.07, 6.45) is 0.786. The van der Waals surface area contributed by atoms with Crippen molar-refractivity contribution in [2.45, 2.75) is 64.7 Å². The van der Waals surface area contributed by atoms with Crippen LogP contribution in [0.3, 0.4) is 0 Å². The van der Waals surface area contributed by atoms with Gasteiger partial charge in [-0.3, -0.25) is 14.4 Å². The standard InChI is InChI=1S/C33H44N4O6/c1-6-36(7-2)24-14-10-22(11-15-24)35-30(40)28-33-20-21(4)32(5,43-33)26(27(33)31(41)37(28)18-9-19-38)29(39)34-23-12-16-25(17-13-23)42-8-3/h10-17,21,26-28,38H,6-9,18-20H2,1-5H3,(H,34,39)(H,35,40)/t21?,26-,27+,28?,32+,33?/m1/s1. The fraction of sp³-hybridized carbons (Fsp3) is 0.545. The van der Waals surface area contributed by atoms with E-state index >= 15 is 0 Å². The summed E-state index contributed by atoms with van der Waals surface area (Å²) in [5.74, 6) is -1.94. The largest absolute Gasteiger partial charge is 0.494 e. The van der Waals surface area contributed by atoms with Crippen molar-refractivity contribution in [2.75, 3.05) is 48.4 Å². The highest BCUT2D eigenvalue weighted by molar-refractivity contribution is 6.05. The zero-order chi connectivity index (χ0) is 30.9. The summed E-state index contributed by atoms with van der Waals surface area (Å²) in [6.45, 7) is 12.3. The van der Waals surface area contributed by atoms with Gasteiger partial charge in [-0.05, 0) is 95.0 Å². The van der Waals surface area contributed by atoms with Crippen molar-refractivity contribution in [3.8, 4) is 5.75 Å². The molecule has 3 fully saturated rings. The monoisotopic (exact) mass is 592 g/mol. The molecule has 0 saturated carbocycles. The smallest absolute Gasteiger partial charge is 0.250 e. The number of anilines is 3. The SMILES string of the molecule is CCOc1ccc(NC(=O)[C@H]2[C@H]3C(=O)N(CCCO)C(C(=O)Nc4ccc(N(CC)CC)cc4)C34CC(C)[C@]2(C)O4)cc1. The van der Waals surface area contributed by atoms with Gasteiger partial charge in [-0.15, -0.1) is 0 Å². The van der Waals surface area contributed by atoms with Crippen molar-refractivity contribution >= 4 is 34.8 Å². The Hall–Kier alpha value is -3.63. The van der Waals surface area contributed by atoms with Crippen molar-refractivity contribution in [1.29, 1.82) is 0 Å². The molecule has 2 aromatic rings. The molecule has 3 aliphatic heterocycles. The Morgan fingerprint density at radius 1 is 1.02 bits per heavy atom. The maximum atomic E-state index is 14.1. The maximum Gasteiger partial charge on any atom is 0.250 e. The number of rotatable bonds is 12. The van der Waals surface area contributed by atoms with E-state index in [4.69, 9.17) is 9.47 Å². The van der Waals surface area contributed by atoms with Gasteiger partial charge >= 0.3 is 0 Å². The number of ether oxygens (including phenoxy) is 2. The van der Waals surface area contributed by atoms with E-state index in [0.29, 0.717) is 36.6 Å². The normalized spacial score (nSPS) is 29.0. The summed E-state index contributed by atoms with van der Waals surface area (Å²) < 4.78 is 12.3. The van der Waals surface area contributed by atoms with Crippen LogP contribution in [0.5, 0.6) is 5.75 Å². The Bertz CT molecular complexity index is 1330. The fourth-order valence-electron chi connectivity index (χ4n) is 7.50. The van der Waals surface area contributed by atoms with Crippen LogP contribution in [0.25, 0.3) is 0 Å². The molecule has 0 radical (unpaired) electrons. The number of hydrogen-bond acceptors (Lipinski definition) is 7. The molecular formula is C33H44N4O6. The van der Waals surface area contributed by atoms with E-state index in [1.807, 2.05) is 45.0 Å². The molecule has 3 saturated heterocycles. The van der Waals surface area contributed by atoms with Crippen molar-refractivity contribution in [3.63, 3.8) is 0 Å². The Morgan fingerprint density at radius 3 is 2.21 bits per heavy atom. The van der Waals surface area contributed by atoms with Gasteiger partial charge in [0.15, 0.2) is 0 Å². The third kappa shape index (κ3) is 5.25. The van der Waals surface area contributed by atoms with Gasteiger partial charge in [0, 0.05) is 43.3 Å². The number of nitrogens with one attached hydrogen (secondary N) is 2. The Balaban J connectivity index is 1.44. The second-order valence-electron chi connectivity index (χ2n) is 12.0. The van der Waals surface area contributed by atoms with Crippen LogP contribution in [0.4, 0.5) is 17.1 Å². The predicted molar refractivity (Wildman–Crippen MR) is 165 cm³/mol. The average Bonchev–Trinajstić information content (AvgIpc) is 3.50. The number of aliphatic hydroxyl groups excluding tert-OH is 1. The lowest BCUT2D eigenvalue weighted by Gasteiger charge is -2.36. The highest BCUT2D eigenvalue weighted by Gasteiger charge is 2.79. The molecule has 0 aliphatic carbocycles. The maximum absolute atomic E-state index is 14.1. The second-order valence-corrected chi connectivity index (χ2v) is 12.0. The minimum atomic E-state index is -1.16. The average molecular weight is 593 g/mol. The van der Waals surface area contributed by atoms with Gasteiger partial charge in [-0.2, -0.15) is 0 Å². The number of hydrogen-bond donors (Lipinski definition) is 3. The number of fused-ring (bicyclic) bond motifs is 1. The predicted octanol–water partition coefficient (Wildman–Crippen LogP) is 3.90. The molecule has 2 bridgehead atoms. The first-order valence-electron chi connectivity index (χ1n) is 15.4. The van der Waals surface area contributed by atoms with Gasteiger partial charge in [-0.25, -0.2) is 0 Å². The molecule has 3 N–H and O–H groups in total. The molecule has 232 valence electrons. The van der Waals surface area contributed by atoms with E-state index < -0.39 is 29.1 Å². The minimum absolute atomic E-state index is 0.0749. The zero-order valence-electron chi connectivity index (χ0n) is 25.8. The molecule has 1 spiro atoms. The lowest BCUT2D eigenvalue weighted by atomic mass is 9.62. The highest BCUT2D eigenvalue weighted by Crippen LogP contribution is 2.65. The number of aliphatic hydroxyl groups is 1. The van der Waals surface area contributed by atoms with Crippen molar-refractivity contribution < 1.29 is 29.0 Å². The van der Waals surface area contributed by atoms with Crippen molar-refractivity contribution in [2.24, 2.45) is 17.8 Å². The molecule has 10 nitrogen and oxygen atoms in total. The zero-order valence-corrected chi connectivity index (χ0v) is 25.8. The van der Waals surface area contributed by atoms with Gasteiger partial charge in [0.1, 0.15) is 17.4 Å². The molecule has 0 aromatic heterocycles. The topological polar surface area (TPSA) is 120 Å². The lowest BCUT2D eigenvalue weighted by Crippen LogP contribution is -2.54. The summed E-state index contributed by atoms with van der Waals surface area (Å²) in [5, 5.41) is 15.6. The first kappa shape index (κ1) is 30.8. The van der Waals surface area contributed by atoms with Crippen LogP contribution in [-0.2, 0) is 19.1 Å². The van der Waals surface area contributed by atoms with Gasteiger partial charge in [0.25, 0.3) is 0 Å². The minimum Gasteiger partial charge on any atom is -0.494 e. The Labute approximate surface area is 253 Å². The van der Waals surface area contributed by atoms with Crippen LogP contribution < -0.4 is 20.3 Å². The summed E-state index contributed by atoms with van der Waals surface area (Å²) in [4.78, 5) is 45.9. The third-order valence-electron chi connectivity index (χ3n) is 9.60. The molecular weight excluding hydrogens is 548 g/mol. The molecule has 3 amide bonds. The quantitative estimate of drug-likeness (QED) is 0.342. The van der Waals surface area contributed by atoms with Gasteiger partial charge in [-0.1, -0.05) is 6.92 Å². The molecule has 3 aliphatic rings. The highest BCUT2D eigenvalue weighted by atomic mass is 16.5.